The first-order chi connectivity index (χ1) is 8.87. The van der Waals surface area contributed by atoms with Gasteiger partial charge in [0.1, 0.15) is 0 Å². The summed E-state index contributed by atoms with van der Waals surface area (Å²) in [6.07, 6.45) is 1.71. The normalized spacial score (nSPS) is 26.5. The molecule has 0 saturated heterocycles. The van der Waals surface area contributed by atoms with Gasteiger partial charge in [0, 0.05) is 6.04 Å². The van der Waals surface area contributed by atoms with Gasteiger partial charge in [0.25, 0.3) is 0 Å². The van der Waals surface area contributed by atoms with E-state index in [-0.39, 0.29) is 22.5 Å². The van der Waals surface area contributed by atoms with E-state index in [0.29, 0.717) is 0 Å². The third-order valence-electron chi connectivity index (χ3n) is 4.27. The van der Waals surface area contributed by atoms with E-state index in [1.165, 1.54) is 0 Å². The highest BCUT2D eigenvalue weighted by Gasteiger charge is 2.46. The van der Waals surface area contributed by atoms with Crippen molar-refractivity contribution >= 4 is 9.84 Å². The zero-order valence-corrected chi connectivity index (χ0v) is 12.7. The third-order valence-corrected chi connectivity index (χ3v) is 6.44. The minimum atomic E-state index is -3.11. The first-order valence-electron chi connectivity index (χ1n) is 6.79. The van der Waals surface area contributed by atoms with Crippen molar-refractivity contribution in [1.29, 1.82) is 0 Å². The van der Waals surface area contributed by atoms with Crippen LogP contribution in [0.5, 0.6) is 0 Å². The maximum absolute atomic E-state index is 12.6. The number of rotatable bonds is 4. The fourth-order valence-electron chi connectivity index (χ4n) is 3.22. The fourth-order valence-corrected chi connectivity index (χ4v) is 5.48. The Morgan fingerprint density at radius 3 is 2.47 bits per heavy atom. The molecule has 0 aliphatic heterocycles. The number of nitrogens with one attached hydrogen (secondary N) is 1. The maximum Gasteiger partial charge on any atom is 0.158 e. The van der Waals surface area contributed by atoms with Crippen LogP contribution in [0.25, 0.3) is 0 Å². The second kappa shape index (κ2) is 5.25. The van der Waals surface area contributed by atoms with E-state index >= 15 is 0 Å². The Hall–Kier alpha value is -0.870. The van der Waals surface area contributed by atoms with Crippen molar-refractivity contribution in [2.24, 2.45) is 5.41 Å². The van der Waals surface area contributed by atoms with Crippen LogP contribution in [0.3, 0.4) is 0 Å². The highest BCUT2D eigenvalue weighted by Crippen LogP contribution is 2.41. The summed E-state index contributed by atoms with van der Waals surface area (Å²) in [5.74, 6) is 0.146. The van der Waals surface area contributed by atoms with E-state index in [2.05, 4.69) is 19.2 Å². The van der Waals surface area contributed by atoms with E-state index in [1.54, 1.807) is 0 Å². The summed E-state index contributed by atoms with van der Waals surface area (Å²) in [6.45, 7) is 4.29. The monoisotopic (exact) mass is 281 g/mol. The quantitative estimate of drug-likeness (QED) is 0.921. The first kappa shape index (κ1) is 14.5. The van der Waals surface area contributed by atoms with Crippen LogP contribution in [0.2, 0.25) is 0 Å². The van der Waals surface area contributed by atoms with Gasteiger partial charge in [0.2, 0.25) is 0 Å². The molecule has 2 unspecified atom stereocenters. The lowest BCUT2D eigenvalue weighted by atomic mass is 9.87. The molecule has 0 bridgehead atoms. The molecular formula is C15H23NO2S. The lowest BCUT2D eigenvalue weighted by Gasteiger charge is -2.30. The van der Waals surface area contributed by atoms with Gasteiger partial charge in [-0.25, -0.2) is 8.42 Å². The zero-order chi connectivity index (χ0) is 14.1. The van der Waals surface area contributed by atoms with Crippen molar-refractivity contribution in [3.63, 3.8) is 0 Å². The molecule has 106 valence electrons. The number of hydrogen-bond donors (Lipinski definition) is 1. The molecule has 0 amide bonds. The van der Waals surface area contributed by atoms with Crippen molar-refractivity contribution < 1.29 is 8.42 Å². The molecule has 1 N–H and O–H groups in total. The maximum atomic E-state index is 12.6. The summed E-state index contributed by atoms with van der Waals surface area (Å²) >= 11 is 0. The molecule has 3 nitrogen and oxygen atoms in total. The van der Waals surface area contributed by atoms with E-state index in [4.69, 9.17) is 0 Å². The Balaban J connectivity index is 2.21. The van der Waals surface area contributed by atoms with Crippen LogP contribution in [0.1, 0.15) is 32.3 Å². The van der Waals surface area contributed by atoms with E-state index < -0.39 is 9.84 Å². The molecule has 1 aromatic carbocycles. The molecule has 0 aromatic heterocycles. The van der Waals surface area contributed by atoms with Crippen LogP contribution in [0.15, 0.2) is 30.3 Å². The largest absolute Gasteiger partial charge is 0.315 e. The SMILES string of the molecule is CNC1C(S(=O)(=O)Cc2ccccc2)CCC1(C)C. The van der Waals surface area contributed by atoms with Crippen molar-refractivity contribution in [3.8, 4) is 0 Å². The minimum Gasteiger partial charge on any atom is -0.315 e. The molecular weight excluding hydrogens is 258 g/mol. The molecule has 0 radical (unpaired) electrons. The number of benzene rings is 1. The Labute approximate surface area is 116 Å². The zero-order valence-electron chi connectivity index (χ0n) is 11.9. The average Bonchev–Trinajstić information content (AvgIpc) is 2.65. The molecule has 1 fully saturated rings. The van der Waals surface area contributed by atoms with E-state index in [0.717, 1.165) is 18.4 Å². The minimum absolute atomic E-state index is 0.0428. The van der Waals surface area contributed by atoms with Gasteiger partial charge in [-0.1, -0.05) is 44.2 Å². The van der Waals surface area contributed by atoms with Gasteiger partial charge >= 0.3 is 0 Å². The Morgan fingerprint density at radius 1 is 1.26 bits per heavy atom. The van der Waals surface area contributed by atoms with Gasteiger partial charge in [0.15, 0.2) is 9.84 Å². The highest BCUT2D eigenvalue weighted by atomic mass is 32.2. The summed E-state index contributed by atoms with van der Waals surface area (Å²) < 4.78 is 25.2. The van der Waals surface area contributed by atoms with Crippen LogP contribution >= 0.6 is 0 Å². The predicted molar refractivity (Wildman–Crippen MR) is 78.7 cm³/mol. The molecule has 2 rings (SSSR count). The summed E-state index contributed by atoms with van der Waals surface area (Å²) in [5, 5.41) is 2.95. The predicted octanol–water partition coefficient (Wildman–Crippen LogP) is 2.38. The third kappa shape index (κ3) is 3.00. The van der Waals surface area contributed by atoms with E-state index in [1.807, 2.05) is 37.4 Å². The molecule has 0 heterocycles. The number of hydrogen-bond acceptors (Lipinski definition) is 3. The Morgan fingerprint density at radius 2 is 1.89 bits per heavy atom. The Bertz CT molecular complexity index is 522. The summed E-state index contributed by atoms with van der Waals surface area (Å²) in [7, 11) is -1.24. The van der Waals surface area contributed by atoms with Crippen LogP contribution in [-0.2, 0) is 15.6 Å². The second-order valence-electron chi connectivity index (χ2n) is 6.12. The summed E-state index contributed by atoms with van der Waals surface area (Å²) in [5.41, 5.74) is 0.922. The lowest BCUT2D eigenvalue weighted by molar-refractivity contribution is 0.297. The van der Waals surface area contributed by atoms with Crippen LogP contribution < -0.4 is 5.32 Å². The van der Waals surface area contributed by atoms with Gasteiger partial charge in [-0.05, 0) is 30.9 Å². The molecule has 2 atom stereocenters. The van der Waals surface area contributed by atoms with Gasteiger partial charge in [-0.3, -0.25) is 0 Å². The number of sulfone groups is 1. The topological polar surface area (TPSA) is 46.2 Å². The van der Waals surface area contributed by atoms with Gasteiger partial charge in [-0.15, -0.1) is 0 Å². The molecule has 19 heavy (non-hydrogen) atoms. The highest BCUT2D eigenvalue weighted by molar-refractivity contribution is 7.91. The molecule has 4 heteroatoms. The molecule has 1 aromatic rings. The summed E-state index contributed by atoms with van der Waals surface area (Å²) in [4.78, 5) is 0. The average molecular weight is 281 g/mol. The molecule has 1 saturated carbocycles. The standard InChI is InChI=1S/C15H23NO2S/c1-15(2)10-9-13(14(15)16-3)19(17,18)11-12-7-5-4-6-8-12/h4-8,13-14,16H,9-11H2,1-3H3. The van der Waals surface area contributed by atoms with Gasteiger partial charge in [0.05, 0.1) is 11.0 Å². The van der Waals surface area contributed by atoms with Crippen LogP contribution in [-0.4, -0.2) is 26.8 Å². The second-order valence-corrected chi connectivity index (χ2v) is 8.34. The van der Waals surface area contributed by atoms with Crippen molar-refractivity contribution in [2.75, 3.05) is 7.05 Å². The molecule has 1 aliphatic carbocycles. The first-order valence-corrected chi connectivity index (χ1v) is 8.51. The summed E-state index contributed by atoms with van der Waals surface area (Å²) in [6, 6.07) is 9.49. The Kier molecular flexibility index (Phi) is 4.02. The van der Waals surface area contributed by atoms with E-state index in [9.17, 15) is 8.42 Å². The van der Waals surface area contributed by atoms with Crippen LogP contribution in [0, 0.1) is 5.41 Å². The van der Waals surface area contributed by atoms with Gasteiger partial charge in [-0.2, -0.15) is 0 Å². The lowest BCUT2D eigenvalue weighted by Crippen LogP contribution is -2.46. The molecule has 1 aliphatic rings. The van der Waals surface area contributed by atoms with Crippen molar-refractivity contribution in [3.05, 3.63) is 35.9 Å². The van der Waals surface area contributed by atoms with Crippen molar-refractivity contribution in [1.82, 2.24) is 5.32 Å². The van der Waals surface area contributed by atoms with Gasteiger partial charge < -0.3 is 5.32 Å². The van der Waals surface area contributed by atoms with Crippen molar-refractivity contribution in [2.45, 2.75) is 43.7 Å². The smallest absolute Gasteiger partial charge is 0.158 e. The van der Waals surface area contributed by atoms with Crippen LogP contribution in [0.4, 0.5) is 0 Å². The molecule has 0 spiro atoms. The fraction of sp³-hybridized carbons (Fsp3) is 0.600.